The monoisotopic (exact) mass is 432 g/mol. The van der Waals surface area contributed by atoms with Crippen LogP contribution in [0, 0.1) is 5.92 Å². The zero-order chi connectivity index (χ0) is 22.9. The van der Waals surface area contributed by atoms with Crippen molar-refractivity contribution in [2.24, 2.45) is 5.92 Å². The van der Waals surface area contributed by atoms with E-state index in [4.69, 9.17) is 4.74 Å². The van der Waals surface area contributed by atoms with Crippen molar-refractivity contribution in [1.29, 1.82) is 0 Å². The predicted molar refractivity (Wildman–Crippen MR) is 123 cm³/mol. The molecule has 0 aliphatic rings. The zero-order valence-electron chi connectivity index (χ0n) is 18.3. The van der Waals surface area contributed by atoms with Crippen LogP contribution in [-0.2, 0) is 16.0 Å². The summed E-state index contributed by atoms with van der Waals surface area (Å²) in [5.41, 5.74) is 3.61. The molecule has 0 saturated carbocycles. The molecule has 0 saturated heterocycles. The summed E-state index contributed by atoms with van der Waals surface area (Å²) in [7, 11) is 0. The van der Waals surface area contributed by atoms with E-state index in [0.29, 0.717) is 25.0 Å². The summed E-state index contributed by atoms with van der Waals surface area (Å²) in [5, 5.41) is 12.6. The molecule has 0 radical (unpaired) electrons. The smallest absolute Gasteiger partial charge is 0.308 e. The van der Waals surface area contributed by atoms with Crippen LogP contribution >= 0.6 is 0 Å². The maximum Gasteiger partial charge on any atom is 0.308 e. The molecule has 2 aromatic carbocycles. The van der Waals surface area contributed by atoms with Crippen molar-refractivity contribution in [2.45, 2.75) is 32.7 Å². The maximum absolute atomic E-state index is 12.7. The average Bonchev–Trinajstić information content (AvgIpc) is 2.80. The Balaban J connectivity index is 1.75. The van der Waals surface area contributed by atoms with E-state index in [-0.39, 0.29) is 29.7 Å². The third kappa shape index (κ3) is 6.41. The SMILES string of the molecule is CCOC(=O)[C@H](C)CC(Cc1ccc(-c2ccccc2)cc1)NC(=O)c1ccnc(O)c1. The number of ether oxygens (including phenoxy) is 1. The van der Waals surface area contributed by atoms with Gasteiger partial charge in [-0.05, 0) is 42.5 Å². The van der Waals surface area contributed by atoms with Crippen LogP contribution in [0.2, 0.25) is 0 Å². The highest BCUT2D eigenvalue weighted by Crippen LogP contribution is 2.21. The van der Waals surface area contributed by atoms with Gasteiger partial charge in [0.1, 0.15) is 0 Å². The van der Waals surface area contributed by atoms with E-state index in [9.17, 15) is 14.7 Å². The molecule has 0 aliphatic carbocycles. The number of aromatic hydroxyl groups is 1. The minimum absolute atomic E-state index is 0.217. The number of nitrogens with zero attached hydrogens (tertiary/aromatic N) is 1. The number of amides is 1. The first-order valence-corrected chi connectivity index (χ1v) is 10.7. The molecular formula is C26H28N2O4. The number of rotatable bonds is 9. The van der Waals surface area contributed by atoms with E-state index >= 15 is 0 Å². The fourth-order valence-electron chi connectivity index (χ4n) is 3.58. The Labute approximate surface area is 188 Å². The van der Waals surface area contributed by atoms with Gasteiger partial charge in [0.2, 0.25) is 5.88 Å². The standard InChI is InChI=1S/C26H28N2O4/c1-3-32-26(31)18(2)15-23(28-25(30)22-13-14-27-24(29)17-22)16-19-9-11-21(12-10-19)20-7-5-4-6-8-20/h4-14,17-18,23H,3,15-16H2,1-2H3,(H,27,29)(H,28,30)/t18-,23?/m1/s1. The van der Waals surface area contributed by atoms with Crippen molar-refractivity contribution in [2.75, 3.05) is 6.61 Å². The van der Waals surface area contributed by atoms with Gasteiger partial charge in [-0.3, -0.25) is 9.59 Å². The van der Waals surface area contributed by atoms with Gasteiger partial charge in [-0.25, -0.2) is 4.98 Å². The number of nitrogens with one attached hydrogen (secondary N) is 1. The lowest BCUT2D eigenvalue weighted by molar-refractivity contribution is -0.147. The zero-order valence-corrected chi connectivity index (χ0v) is 18.3. The minimum Gasteiger partial charge on any atom is -0.493 e. The largest absolute Gasteiger partial charge is 0.493 e. The van der Waals surface area contributed by atoms with Crippen LogP contribution in [0.1, 0.15) is 36.2 Å². The summed E-state index contributed by atoms with van der Waals surface area (Å²) in [4.78, 5) is 28.6. The van der Waals surface area contributed by atoms with Crippen LogP contribution in [0.4, 0.5) is 0 Å². The lowest BCUT2D eigenvalue weighted by atomic mass is 9.94. The number of aromatic nitrogens is 1. The third-order valence-electron chi connectivity index (χ3n) is 5.21. The number of benzene rings is 2. The number of hydrogen-bond donors (Lipinski definition) is 2. The van der Waals surface area contributed by atoms with Crippen molar-refractivity contribution in [3.8, 4) is 17.0 Å². The molecule has 1 unspecified atom stereocenters. The van der Waals surface area contributed by atoms with Gasteiger partial charge in [-0.1, -0.05) is 61.5 Å². The van der Waals surface area contributed by atoms with E-state index in [1.807, 2.05) is 30.3 Å². The average molecular weight is 433 g/mol. The van der Waals surface area contributed by atoms with Crippen LogP contribution in [0.5, 0.6) is 5.88 Å². The molecule has 32 heavy (non-hydrogen) atoms. The van der Waals surface area contributed by atoms with Crippen molar-refractivity contribution >= 4 is 11.9 Å². The molecule has 3 aromatic rings. The second kappa shape index (κ2) is 11.1. The lowest BCUT2D eigenvalue weighted by Crippen LogP contribution is -2.39. The molecule has 166 valence electrons. The van der Waals surface area contributed by atoms with Gasteiger partial charge < -0.3 is 15.2 Å². The second-order valence-electron chi connectivity index (χ2n) is 7.73. The van der Waals surface area contributed by atoms with Gasteiger partial charge >= 0.3 is 5.97 Å². The molecule has 1 amide bonds. The first kappa shape index (κ1) is 23.0. The van der Waals surface area contributed by atoms with Crippen LogP contribution in [0.15, 0.2) is 72.9 Å². The second-order valence-corrected chi connectivity index (χ2v) is 7.73. The molecule has 0 fully saturated rings. The quantitative estimate of drug-likeness (QED) is 0.490. The maximum atomic E-state index is 12.7. The lowest BCUT2D eigenvalue weighted by Gasteiger charge is -2.22. The molecule has 1 aromatic heterocycles. The van der Waals surface area contributed by atoms with Gasteiger partial charge in [0, 0.05) is 23.9 Å². The van der Waals surface area contributed by atoms with Gasteiger partial charge in [0.05, 0.1) is 12.5 Å². The van der Waals surface area contributed by atoms with E-state index in [1.165, 1.54) is 18.3 Å². The summed E-state index contributed by atoms with van der Waals surface area (Å²) >= 11 is 0. The topological polar surface area (TPSA) is 88.5 Å². The van der Waals surface area contributed by atoms with Crippen molar-refractivity contribution in [3.63, 3.8) is 0 Å². The fraction of sp³-hybridized carbons (Fsp3) is 0.269. The highest BCUT2D eigenvalue weighted by Gasteiger charge is 2.22. The Bertz CT molecular complexity index is 1040. The minimum atomic E-state index is -0.366. The Morgan fingerprint density at radius 3 is 2.38 bits per heavy atom. The normalized spacial score (nSPS) is 12.6. The highest BCUT2D eigenvalue weighted by molar-refractivity contribution is 5.94. The Morgan fingerprint density at radius 1 is 1.03 bits per heavy atom. The third-order valence-corrected chi connectivity index (χ3v) is 5.21. The van der Waals surface area contributed by atoms with E-state index in [1.54, 1.807) is 13.8 Å². The highest BCUT2D eigenvalue weighted by atomic mass is 16.5. The fourth-order valence-corrected chi connectivity index (χ4v) is 3.58. The van der Waals surface area contributed by atoms with Gasteiger partial charge in [-0.15, -0.1) is 0 Å². The van der Waals surface area contributed by atoms with E-state index in [2.05, 4.69) is 34.6 Å². The number of carbonyl (C=O) groups excluding carboxylic acids is 2. The molecule has 2 N–H and O–H groups in total. The van der Waals surface area contributed by atoms with Crippen LogP contribution in [0.25, 0.3) is 11.1 Å². The Morgan fingerprint density at radius 2 is 1.72 bits per heavy atom. The molecule has 1 heterocycles. The molecule has 0 bridgehead atoms. The summed E-state index contributed by atoms with van der Waals surface area (Å²) in [6.45, 7) is 3.89. The van der Waals surface area contributed by atoms with E-state index in [0.717, 1.165) is 16.7 Å². The molecule has 3 rings (SSSR count). The molecular weight excluding hydrogens is 404 g/mol. The number of hydrogen-bond acceptors (Lipinski definition) is 5. The Kier molecular flexibility index (Phi) is 7.97. The van der Waals surface area contributed by atoms with Crippen LogP contribution in [0.3, 0.4) is 0 Å². The Hall–Kier alpha value is -3.67. The molecule has 6 nitrogen and oxygen atoms in total. The van der Waals surface area contributed by atoms with Crippen LogP contribution < -0.4 is 5.32 Å². The van der Waals surface area contributed by atoms with Gasteiger partial charge in [0.25, 0.3) is 5.91 Å². The van der Waals surface area contributed by atoms with Crippen molar-refractivity contribution in [1.82, 2.24) is 10.3 Å². The van der Waals surface area contributed by atoms with Crippen molar-refractivity contribution < 1.29 is 19.4 Å². The summed E-state index contributed by atoms with van der Waals surface area (Å²) in [5.74, 6) is -1.20. The molecule has 0 aliphatic heterocycles. The van der Waals surface area contributed by atoms with Crippen LogP contribution in [-0.4, -0.2) is 34.6 Å². The number of pyridine rings is 1. The summed E-state index contributed by atoms with van der Waals surface area (Å²) in [6, 6.07) is 20.9. The van der Waals surface area contributed by atoms with Gasteiger partial charge in [-0.2, -0.15) is 0 Å². The van der Waals surface area contributed by atoms with Crippen molar-refractivity contribution in [3.05, 3.63) is 84.1 Å². The predicted octanol–water partition coefficient (Wildman–Crippen LogP) is 4.38. The number of carbonyl (C=O) groups is 2. The first-order chi connectivity index (χ1) is 15.5. The molecule has 2 atom stereocenters. The summed E-state index contributed by atoms with van der Waals surface area (Å²) < 4.78 is 5.13. The first-order valence-electron chi connectivity index (χ1n) is 10.7. The number of esters is 1. The summed E-state index contributed by atoms with van der Waals surface area (Å²) in [6.07, 6.45) is 2.37. The van der Waals surface area contributed by atoms with Gasteiger partial charge in [0.15, 0.2) is 0 Å². The van der Waals surface area contributed by atoms with E-state index < -0.39 is 0 Å². The molecule has 6 heteroatoms. The molecule has 0 spiro atoms.